The molecule has 284 valence electrons. The highest BCUT2D eigenvalue weighted by molar-refractivity contribution is 5.71. The van der Waals surface area contributed by atoms with E-state index in [4.69, 9.17) is 14.2 Å². The van der Waals surface area contributed by atoms with Crippen molar-refractivity contribution in [1.29, 1.82) is 0 Å². The third kappa shape index (κ3) is 34.3. The minimum Gasteiger partial charge on any atom is -0.462 e. The second-order valence-electron chi connectivity index (χ2n) is 14.5. The number of hydrogen-bond acceptors (Lipinski definition) is 6. The molecule has 0 heterocycles. The molecule has 6 heteroatoms. The van der Waals surface area contributed by atoms with E-state index in [0.29, 0.717) is 19.3 Å². The zero-order valence-corrected chi connectivity index (χ0v) is 32.4. The molecule has 2 atom stereocenters. The van der Waals surface area contributed by atoms with Crippen LogP contribution in [-0.4, -0.2) is 37.2 Å². The zero-order chi connectivity index (χ0) is 35.3. The van der Waals surface area contributed by atoms with Gasteiger partial charge in [-0.25, -0.2) is 0 Å². The van der Waals surface area contributed by atoms with Crippen LogP contribution in [0.4, 0.5) is 0 Å². The normalized spacial score (nSPS) is 12.5. The maximum Gasteiger partial charge on any atom is 0.306 e. The third-order valence-electron chi connectivity index (χ3n) is 9.65. The maximum absolute atomic E-state index is 12.6. The molecule has 0 aliphatic heterocycles. The van der Waals surface area contributed by atoms with Gasteiger partial charge in [-0.3, -0.25) is 14.4 Å². The van der Waals surface area contributed by atoms with E-state index >= 15 is 0 Å². The van der Waals surface area contributed by atoms with Gasteiger partial charge in [0.15, 0.2) is 6.10 Å². The van der Waals surface area contributed by atoms with Crippen LogP contribution in [-0.2, 0) is 28.6 Å². The van der Waals surface area contributed by atoms with Gasteiger partial charge in [0.2, 0.25) is 0 Å². The monoisotopic (exact) mass is 681 g/mol. The fraction of sp³-hybridized carbons (Fsp3) is 0.929. The molecule has 0 saturated heterocycles. The van der Waals surface area contributed by atoms with Gasteiger partial charge in [0.1, 0.15) is 13.2 Å². The molecule has 0 amide bonds. The van der Waals surface area contributed by atoms with Crippen molar-refractivity contribution in [3.63, 3.8) is 0 Å². The van der Waals surface area contributed by atoms with Crippen molar-refractivity contribution in [3.05, 3.63) is 0 Å². The van der Waals surface area contributed by atoms with E-state index in [2.05, 4.69) is 27.7 Å². The SMILES string of the molecule is CCCCCCCCCC(=O)OC[C@H](COC(=O)CCCCCCC)OC(=O)CCCCCCCCCCCCCCCCC(C)CC. The van der Waals surface area contributed by atoms with Gasteiger partial charge in [0.05, 0.1) is 0 Å². The average Bonchev–Trinajstić information content (AvgIpc) is 3.08. The van der Waals surface area contributed by atoms with Crippen LogP contribution in [0, 0.1) is 5.92 Å². The van der Waals surface area contributed by atoms with E-state index in [1.54, 1.807) is 0 Å². The summed E-state index contributed by atoms with van der Waals surface area (Å²) in [4.78, 5) is 37.2. The van der Waals surface area contributed by atoms with Crippen LogP contribution in [0.2, 0.25) is 0 Å². The molecular formula is C42H80O6. The molecule has 0 saturated carbocycles. The third-order valence-corrected chi connectivity index (χ3v) is 9.65. The van der Waals surface area contributed by atoms with Crippen LogP contribution in [0.3, 0.4) is 0 Å². The highest BCUT2D eigenvalue weighted by Crippen LogP contribution is 2.17. The van der Waals surface area contributed by atoms with Crippen LogP contribution in [0.1, 0.15) is 227 Å². The highest BCUT2D eigenvalue weighted by atomic mass is 16.6. The maximum atomic E-state index is 12.6. The number of carbonyl (C=O) groups is 3. The van der Waals surface area contributed by atoms with E-state index in [1.165, 1.54) is 116 Å². The lowest BCUT2D eigenvalue weighted by Crippen LogP contribution is -2.30. The molecule has 0 bridgehead atoms. The second kappa shape index (κ2) is 36.7. The van der Waals surface area contributed by atoms with Crippen LogP contribution in [0.15, 0.2) is 0 Å². The van der Waals surface area contributed by atoms with E-state index in [9.17, 15) is 14.4 Å². The molecule has 48 heavy (non-hydrogen) atoms. The van der Waals surface area contributed by atoms with E-state index < -0.39 is 6.10 Å². The summed E-state index contributed by atoms with van der Waals surface area (Å²) in [6, 6.07) is 0. The Labute approximate surface area is 298 Å². The zero-order valence-electron chi connectivity index (χ0n) is 32.4. The molecule has 0 rings (SSSR count). The number of carbonyl (C=O) groups excluding carboxylic acids is 3. The van der Waals surface area contributed by atoms with Crippen molar-refractivity contribution >= 4 is 17.9 Å². The Morgan fingerprint density at radius 1 is 0.417 bits per heavy atom. The molecule has 0 aromatic rings. The summed E-state index contributed by atoms with van der Waals surface area (Å²) in [6.07, 6.45) is 34.1. The largest absolute Gasteiger partial charge is 0.462 e. The minimum atomic E-state index is -0.755. The van der Waals surface area contributed by atoms with Crippen LogP contribution in [0.5, 0.6) is 0 Å². The van der Waals surface area contributed by atoms with Gasteiger partial charge >= 0.3 is 17.9 Å². The number of unbranched alkanes of at least 4 members (excludes halogenated alkanes) is 23. The first kappa shape index (κ1) is 46.4. The van der Waals surface area contributed by atoms with Crippen molar-refractivity contribution in [2.24, 2.45) is 5.92 Å². The van der Waals surface area contributed by atoms with Gasteiger partial charge in [0, 0.05) is 19.3 Å². The van der Waals surface area contributed by atoms with Crippen LogP contribution >= 0.6 is 0 Å². The molecule has 0 N–H and O–H groups in total. The van der Waals surface area contributed by atoms with Crippen molar-refractivity contribution in [2.45, 2.75) is 233 Å². The van der Waals surface area contributed by atoms with E-state index in [-0.39, 0.29) is 31.1 Å². The summed E-state index contributed by atoms with van der Waals surface area (Å²) >= 11 is 0. The Morgan fingerprint density at radius 3 is 1.08 bits per heavy atom. The summed E-state index contributed by atoms with van der Waals surface area (Å²) in [7, 11) is 0. The van der Waals surface area contributed by atoms with Crippen LogP contribution in [0.25, 0.3) is 0 Å². The smallest absolute Gasteiger partial charge is 0.306 e. The Morgan fingerprint density at radius 2 is 0.729 bits per heavy atom. The Bertz CT molecular complexity index is 723. The first-order valence-electron chi connectivity index (χ1n) is 20.9. The predicted molar refractivity (Wildman–Crippen MR) is 201 cm³/mol. The number of ether oxygens (including phenoxy) is 3. The summed E-state index contributed by atoms with van der Waals surface area (Å²) in [6.45, 7) is 8.90. The lowest BCUT2D eigenvalue weighted by atomic mass is 9.99. The first-order chi connectivity index (χ1) is 23.4. The molecule has 0 aromatic carbocycles. The average molecular weight is 681 g/mol. The van der Waals surface area contributed by atoms with Gasteiger partial charge in [-0.2, -0.15) is 0 Å². The first-order valence-corrected chi connectivity index (χ1v) is 20.9. The number of rotatable bonds is 37. The Balaban J connectivity index is 4.12. The second-order valence-corrected chi connectivity index (χ2v) is 14.5. The lowest BCUT2D eigenvalue weighted by molar-refractivity contribution is -0.167. The van der Waals surface area contributed by atoms with Crippen molar-refractivity contribution < 1.29 is 28.6 Å². The standard InChI is InChI=1S/C42H80O6/c1-5-8-10-12-21-26-30-34-41(44)47-37-39(36-46-40(43)33-29-24-11-9-6-2)48-42(45)35-31-27-23-20-18-16-14-13-15-17-19-22-25-28-32-38(4)7-3/h38-39H,5-37H2,1-4H3/t38?,39-/m0/s1. The number of hydrogen-bond donors (Lipinski definition) is 0. The van der Waals surface area contributed by atoms with E-state index in [0.717, 1.165) is 70.1 Å². The molecule has 0 radical (unpaired) electrons. The van der Waals surface area contributed by atoms with E-state index in [1.807, 2.05) is 0 Å². The van der Waals surface area contributed by atoms with Crippen molar-refractivity contribution in [3.8, 4) is 0 Å². The van der Waals surface area contributed by atoms with Gasteiger partial charge in [-0.15, -0.1) is 0 Å². The fourth-order valence-electron chi connectivity index (χ4n) is 6.06. The number of esters is 3. The van der Waals surface area contributed by atoms with Crippen molar-refractivity contribution in [1.82, 2.24) is 0 Å². The Kier molecular flexibility index (Phi) is 35.5. The summed E-state index contributed by atoms with van der Waals surface area (Å²) in [5.41, 5.74) is 0. The molecule has 0 spiro atoms. The quantitative estimate of drug-likeness (QED) is 0.0369. The summed E-state index contributed by atoms with van der Waals surface area (Å²) < 4.78 is 16.5. The molecule has 0 fully saturated rings. The molecule has 1 unspecified atom stereocenters. The lowest BCUT2D eigenvalue weighted by Gasteiger charge is -2.18. The van der Waals surface area contributed by atoms with Gasteiger partial charge in [-0.05, 0) is 25.2 Å². The molecule has 0 aliphatic rings. The van der Waals surface area contributed by atoms with Gasteiger partial charge < -0.3 is 14.2 Å². The fourth-order valence-corrected chi connectivity index (χ4v) is 6.06. The predicted octanol–water partition coefficient (Wildman–Crippen LogP) is 12.8. The Hall–Kier alpha value is -1.59. The van der Waals surface area contributed by atoms with Crippen molar-refractivity contribution in [2.75, 3.05) is 13.2 Å². The van der Waals surface area contributed by atoms with Crippen LogP contribution < -0.4 is 0 Å². The molecule has 0 aromatic heterocycles. The van der Waals surface area contributed by atoms with Gasteiger partial charge in [-0.1, -0.05) is 188 Å². The minimum absolute atomic E-state index is 0.0662. The topological polar surface area (TPSA) is 78.9 Å². The summed E-state index contributed by atoms with van der Waals surface area (Å²) in [5.74, 6) is 0.0142. The molecule has 6 nitrogen and oxygen atoms in total. The summed E-state index contributed by atoms with van der Waals surface area (Å²) in [5, 5.41) is 0. The highest BCUT2D eigenvalue weighted by Gasteiger charge is 2.19. The van der Waals surface area contributed by atoms with Gasteiger partial charge in [0.25, 0.3) is 0 Å². The molecular weight excluding hydrogens is 600 g/mol. The molecule has 0 aliphatic carbocycles.